The number of nitrogens with zero attached hydrogens (tertiary/aromatic N) is 4. The number of halogens is 2. The summed E-state index contributed by atoms with van der Waals surface area (Å²) in [6.45, 7) is 0.548. The Labute approximate surface area is 130 Å². The van der Waals surface area contributed by atoms with E-state index in [9.17, 15) is 5.11 Å². The highest BCUT2D eigenvalue weighted by molar-refractivity contribution is 9.10. The van der Waals surface area contributed by atoms with Gasteiger partial charge in [-0.1, -0.05) is 28.1 Å². The minimum atomic E-state index is -0.363. The quantitative estimate of drug-likeness (QED) is 0.647. The molecule has 3 rings (SSSR count). The van der Waals surface area contributed by atoms with Crippen molar-refractivity contribution < 1.29 is 5.11 Å². The van der Waals surface area contributed by atoms with Crippen LogP contribution in [0.3, 0.4) is 0 Å². The number of imidazole rings is 1. The third-order valence-corrected chi connectivity index (χ3v) is 3.89. The number of nitrogen functional groups attached to an aromatic ring is 1. The molecule has 0 bridgehead atoms. The van der Waals surface area contributed by atoms with Crippen molar-refractivity contribution in [1.82, 2.24) is 19.5 Å². The van der Waals surface area contributed by atoms with Crippen molar-refractivity contribution in [3.8, 4) is 6.01 Å². The van der Waals surface area contributed by atoms with Gasteiger partial charge in [-0.2, -0.15) is 9.97 Å². The van der Waals surface area contributed by atoms with Crippen molar-refractivity contribution in [3.63, 3.8) is 0 Å². The maximum atomic E-state index is 9.49. The molecule has 0 aliphatic heterocycles. The molecule has 102 valence electrons. The summed E-state index contributed by atoms with van der Waals surface area (Å²) in [6, 6.07) is 7.54. The molecule has 0 saturated carbocycles. The lowest BCUT2D eigenvalue weighted by molar-refractivity contribution is 0.433. The van der Waals surface area contributed by atoms with Gasteiger partial charge in [-0.25, -0.2) is 4.98 Å². The van der Waals surface area contributed by atoms with Gasteiger partial charge in [-0.3, -0.25) is 4.57 Å². The number of aromatic nitrogens is 4. The fraction of sp³-hybridized carbons (Fsp3) is 0.0833. The molecule has 8 heteroatoms. The lowest BCUT2D eigenvalue weighted by atomic mass is 10.2. The van der Waals surface area contributed by atoms with E-state index in [0.717, 1.165) is 10.0 Å². The van der Waals surface area contributed by atoms with E-state index >= 15 is 0 Å². The van der Waals surface area contributed by atoms with E-state index in [4.69, 9.17) is 5.73 Å². The average molecular weight is 399 g/mol. The zero-order valence-corrected chi connectivity index (χ0v) is 13.3. The van der Waals surface area contributed by atoms with Gasteiger partial charge in [-0.15, -0.1) is 0 Å². The van der Waals surface area contributed by atoms with E-state index < -0.39 is 0 Å². The van der Waals surface area contributed by atoms with Crippen LogP contribution in [0.1, 0.15) is 5.56 Å². The molecule has 0 unspecified atom stereocenters. The van der Waals surface area contributed by atoms with E-state index in [1.165, 1.54) is 0 Å². The number of anilines is 1. The van der Waals surface area contributed by atoms with Gasteiger partial charge in [-0.05, 0) is 33.6 Å². The minimum absolute atomic E-state index is 0.154. The van der Waals surface area contributed by atoms with Crippen LogP contribution in [0, 0.1) is 0 Å². The Hall–Kier alpha value is -1.67. The van der Waals surface area contributed by atoms with Crippen LogP contribution in [-0.2, 0) is 6.54 Å². The average Bonchev–Trinajstić information content (AvgIpc) is 2.68. The summed E-state index contributed by atoms with van der Waals surface area (Å²) in [5.74, 6) is 0.154. The van der Waals surface area contributed by atoms with Gasteiger partial charge in [0.1, 0.15) is 0 Å². The first-order valence-electron chi connectivity index (χ1n) is 5.67. The van der Waals surface area contributed by atoms with Crippen molar-refractivity contribution in [2.24, 2.45) is 0 Å². The molecule has 20 heavy (non-hydrogen) atoms. The summed E-state index contributed by atoms with van der Waals surface area (Å²) in [5.41, 5.74) is 7.76. The second-order valence-corrected chi connectivity index (χ2v) is 5.80. The van der Waals surface area contributed by atoms with Crippen molar-refractivity contribution in [2.45, 2.75) is 6.54 Å². The number of nitrogens with two attached hydrogens (primary N) is 1. The standard InChI is InChI=1S/C12H9Br2N5O/c13-7-3-1-2-6(4-7)5-19-10-8(16-11(19)14)9(15)17-12(20)18-10/h1-4H,5H2,(H3,15,17,18,20). The molecule has 3 aromatic rings. The van der Waals surface area contributed by atoms with Crippen LogP contribution >= 0.6 is 31.9 Å². The second-order valence-electron chi connectivity index (χ2n) is 4.18. The van der Waals surface area contributed by atoms with Crippen molar-refractivity contribution in [1.29, 1.82) is 0 Å². The van der Waals surface area contributed by atoms with Crippen molar-refractivity contribution >= 4 is 48.8 Å². The fourth-order valence-electron chi connectivity index (χ4n) is 1.94. The van der Waals surface area contributed by atoms with Crippen LogP contribution in [0.25, 0.3) is 11.2 Å². The molecule has 0 atom stereocenters. The molecule has 2 heterocycles. The lowest BCUT2D eigenvalue weighted by Crippen LogP contribution is -2.02. The highest BCUT2D eigenvalue weighted by Gasteiger charge is 2.15. The molecule has 1 aromatic carbocycles. The van der Waals surface area contributed by atoms with Gasteiger partial charge in [0.25, 0.3) is 0 Å². The SMILES string of the molecule is Nc1nc(O)nc2c1nc(Br)n2Cc1cccc(Br)c1. The van der Waals surface area contributed by atoms with E-state index in [1.54, 1.807) is 0 Å². The molecular formula is C12H9Br2N5O. The maximum absolute atomic E-state index is 9.49. The smallest absolute Gasteiger partial charge is 0.317 e. The summed E-state index contributed by atoms with van der Waals surface area (Å²) < 4.78 is 3.39. The molecule has 0 spiro atoms. The molecule has 0 radical (unpaired) electrons. The Morgan fingerprint density at radius 3 is 2.75 bits per heavy atom. The summed E-state index contributed by atoms with van der Waals surface area (Å²) >= 11 is 6.81. The molecule has 3 N–H and O–H groups in total. The Bertz CT molecular complexity index is 802. The molecule has 6 nitrogen and oxygen atoms in total. The van der Waals surface area contributed by atoms with Gasteiger partial charge in [0.2, 0.25) is 0 Å². The highest BCUT2D eigenvalue weighted by Crippen LogP contribution is 2.25. The third-order valence-electron chi connectivity index (χ3n) is 2.79. The Morgan fingerprint density at radius 2 is 2.00 bits per heavy atom. The number of rotatable bonds is 2. The zero-order chi connectivity index (χ0) is 14.3. The lowest BCUT2D eigenvalue weighted by Gasteiger charge is -2.06. The minimum Gasteiger partial charge on any atom is -0.479 e. The van der Waals surface area contributed by atoms with Gasteiger partial charge < -0.3 is 10.8 Å². The molecule has 2 aromatic heterocycles. The van der Waals surface area contributed by atoms with Gasteiger partial charge in [0.05, 0.1) is 6.54 Å². The van der Waals surface area contributed by atoms with Crippen LogP contribution < -0.4 is 5.73 Å². The summed E-state index contributed by atoms with van der Waals surface area (Å²) in [4.78, 5) is 12.0. The molecular weight excluding hydrogens is 390 g/mol. The number of aromatic hydroxyl groups is 1. The number of hydrogen-bond acceptors (Lipinski definition) is 5. The first kappa shape index (κ1) is 13.3. The molecule has 0 amide bonds. The predicted molar refractivity (Wildman–Crippen MR) is 82.3 cm³/mol. The monoisotopic (exact) mass is 397 g/mol. The van der Waals surface area contributed by atoms with Crippen LogP contribution in [0.5, 0.6) is 6.01 Å². The second kappa shape index (κ2) is 5.02. The maximum Gasteiger partial charge on any atom is 0.317 e. The van der Waals surface area contributed by atoms with Crippen molar-refractivity contribution in [3.05, 3.63) is 39.0 Å². The predicted octanol–water partition coefficient (Wildman–Crippen LogP) is 2.69. The van der Waals surface area contributed by atoms with Crippen molar-refractivity contribution in [2.75, 3.05) is 5.73 Å². The largest absolute Gasteiger partial charge is 0.479 e. The topological polar surface area (TPSA) is 89.8 Å². The van der Waals surface area contributed by atoms with E-state index in [2.05, 4.69) is 46.8 Å². The number of fused-ring (bicyclic) bond motifs is 1. The highest BCUT2D eigenvalue weighted by atomic mass is 79.9. The third kappa shape index (κ3) is 2.36. The molecule has 0 aliphatic carbocycles. The Morgan fingerprint density at radius 1 is 1.20 bits per heavy atom. The van der Waals surface area contributed by atoms with Gasteiger partial charge in [0, 0.05) is 4.47 Å². The van der Waals surface area contributed by atoms with Gasteiger partial charge >= 0.3 is 6.01 Å². The van der Waals surface area contributed by atoms with Crippen LogP contribution in [0.2, 0.25) is 0 Å². The van der Waals surface area contributed by atoms with Gasteiger partial charge in [0.15, 0.2) is 21.7 Å². The number of hydrogen-bond donors (Lipinski definition) is 2. The number of benzene rings is 1. The van der Waals surface area contributed by atoms with E-state index in [0.29, 0.717) is 22.4 Å². The first-order valence-corrected chi connectivity index (χ1v) is 7.26. The first-order chi connectivity index (χ1) is 9.54. The summed E-state index contributed by atoms with van der Waals surface area (Å²) in [5, 5.41) is 9.49. The van der Waals surface area contributed by atoms with Crippen LogP contribution in [0.15, 0.2) is 33.5 Å². The van der Waals surface area contributed by atoms with Crippen LogP contribution in [0.4, 0.5) is 5.82 Å². The molecule has 0 saturated heterocycles. The summed E-state index contributed by atoms with van der Waals surface area (Å²) in [7, 11) is 0. The molecule has 0 aliphatic rings. The fourth-order valence-corrected chi connectivity index (χ4v) is 2.86. The Kier molecular flexibility index (Phi) is 3.35. The normalized spacial score (nSPS) is 11.1. The van der Waals surface area contributed by atoms with E-state index in [1.807, 2.05) is 28.8 Å². The zero-order valence-electron chi connectivity index (χ0n) is 10.1. The van der Waals surface area contributed by atoms with E-state index in [-0.39, 0.29) is 11.8 Å². The van der Waals surface area contributed by atoms with Crippen LogP contribution in [-0.4, -0.2) is 24.6 Å². The summed E-state index contributed by atoms with van der Waals surface area (Å²) in [6.07, 6.45) is 0. The Balaban J connectivity index is 2.14. The molecule has 0 fully saturated rings.